The first-order valence-electron chi connectivity index (χ1n) is 7.58. The van der Waals surface area contributed by atoms with Crippen molar-refractivity contribution in [2.75, 3.05) is 26.1 Å². The number of hydrogen-bond donors (Lipinski definition) is 2. The highest BCUT2D eigenvalue weighted by Crippen LogP contribution is 2.27. The largest absolute Gasteiger partial charge is 0.493 e. The van der Waals surface area contributed by atoms with Crippen molar-refractivity contribution in [1.29, 1.82) is 5.26 Å². The highest BCUT2D eigenvalue weighted by molar-refractivity contribution is 8.03. The van der Waals surface area contributed by atoms with Gasteiger partial charge in [-0.15, -0.1) is 0 Å². The van der Waals surface area contributed by atoms with Gasteiger partial charge in [-0.3, -0.25) is 0 Å². The molecule has 0 saturated heterocycles. The number of urea groups is 1. The molecule has 0 spiro atoms. The fraction of sp³-hybridized carbons (Fsp3) is 0.222. The molecule has 130 valence electrons. The number of benzene rings is 2. The van der Waals surface area contributed by atoms with Crippen molar-refractivity contribution < 1.29 is 14.3 Å². The lowest BCUT2D eigenvalue weighted by Crippen LogP contribution is -2.30. The van der Waals surface area contributed by atoms with E-state index >= 15 is 0 Å². The van der Waals surface area contributed by atoms with Crippen molar-refractivity contribution in [3.05, 3.63) is 48.0 Å². The molecule has 0 fully saturated rings. The molecule has 0 aromatic heterocycles. The van der Waals surface area contributed by atoms with Crippen LogP contribution >= 0.6 is 11.8 Å². The first-order chi connectivity index (χ1) is 12.2. The Balaban J connectivity index is 1.81. The summed E-state index contributed by atoms with van der Waals surface area (Å²) in [5.74, 6) is 1.34. The first-order valence-corrected chi connectivity index (χ1v) is 8.39. The van der Waals surface area contributed by atoms with E-state index in [9.17, 15) is 4.79 Å². The van der Waals surface area contributed by atoms with Crippen LogP contribution in [-0.4, -0.2) is 26.8 Å². The van der Waals surface area contributed by atoms with Crippen LogP contribution in [0.3, 0.4) is 0 Å². The summed E-state index contributed by atoms with van der Waals surface area (Å²) in [6.07, 6.45) is 0.672. The number of nitriles is 1. The van der Waals surface area contributed by atoms with Crippen LogP contribution in [0.15, 0.2) is 47.4 Å². The van der Waals surface area contributed by atoms with E-state index in [-0.39, 0.29) is 6.03 Å². The van der Waals surface area contributed by atoms with E-state index < -0.39 is 0 Å². The molecule has 2 amide bonds. The van der Waals surface area contributed by atoms with E-state index in [2.05, 4.69) is 10.6 Å². The van der Waals surface area contributed by atoms with Gasteiger partial charge in [-0.2, -0.15) is 5.26 Å². The fourth-order valence-electron chi connectivity index (χ4n) is 2.19. The molecule has 2 aromatic rings. The van der Waals surface area contributed by atoms with Crippen LogP contribution in [0.4, 0.5) is 10.5 Å². The van der Waals surface area contributed by atoms with Crippen LogP contribution in [0.25, 0.3) is 0 Å². The highest BCUT2D eigenvalue weighted by atomic mass is 32.2. The molecule has 0 aliphatic carbocycles. The molecule has 0 radical (unpaired) electrons. The third kappa shape index (κ3) is 5.62. The Labute approximate surface area is 151 Å². The van der Waals surface area contributed by atoms with Crippen LogP contribution in [0.5, 0.6) is 11.5 Å². The number of rotatable bonds is 7. The summed E-state index contributed by atoms with van der Waals surface area (Å²) in [6.45, 7) is 0.490. The smallest absolute Gasteiger partial charge is 0.319 e. The summed E-state index contributed by atoms with van der Waals surface area (Å²) in [6, 6.07) is 12.5. The number of hydrogen-bond acceptors (Lipinski definition) is 5. The van der Waals surface area contributed by atoms with Crippen LogP contribution in [-0.2, 0) is 6.42 Å². The normalized spacial score (nSPS) is 9.80. The summed E-state index contributed by atoms with van der Waals surface area (Å²) in [5.41, 5.74) is 1.71. The van der Waals surface area contributed by atoms with Crippen molar-refractivity contribution in [2.45, 2.75) is 11.3 Å². The van der Waals surface area contributed by atoms with Crippen LogP contribution < -0.4 is 20.1 Å². The number of anilines is 1. The summed E-state index contributed by atoms with van der Waals surface area (Å²) in [7, 11) is 3.18. The van der Waals surface area contributed by atoms with Gasteiger partial charge in [-0.1, -0.05) is 6.07 Å². The van der Waals surface area contributed by atoms with Gasteiger partial charge in [-0.25, -0.2) is 4.79 Å². The minimum atomic E-state index is -0.277. The monoisotopic (exact) mass is 357 g/mol. The Kier molecular flexibility index (Phi) is 6.99. The van der Waals surface area contributed by atoms with E-state index in [1.165, 1.54) is 0 Å². The number of methoxy groups -OCH3 is 2. The lowest BCUT2D eigenvalue weighted by molar-refractivity contribution is 0.252. The van der Waals surface area contributed by atoms with Gasteiger partial charge >= 0.3 is 6.03 Å². The Bertz CT molecular complexity index is 757. The van der Waals surface area contributed by atoms with Gasteiger partial charge < -0.3 is 20.1 Å². The van der Waals surface area contributed by atoms with Gasteiger partial charge in [0.15, 0.2) is 11.5 Å². The van der Waals surface area contributed by atoms with Gasteiger partial charge in [0.2, 0.25) is 0 Å². The maximum Gasteiger partial charge on any atom is 0.319 e. The summed E-state index contributed by atoms with van der Waals surface area (Å²) < 4.78 is 10.5. The molecule has 0 heterocycles. The molecular formula is C18H19N3O3S. The van der Waals surface area contributed by atoms with Gasteiger partial charge in [0.1, 0.15) is 5.40 Å². The second-order valence-electron chi connectivity index (χ2n) is 5.04. The summed E-state index contributed by atoms with van der Waals surface area (Å²) >= 11 is 1.08. The number of nitrogens with zero attached hydrogens (tertiary/aromatic N) is 1. The molecule has 2 N–H and O–H groups in total. The predicted octanol–water partition coefficient (Wildman–Crippen LogP) is 3.64. The van der Waals surface area contributed by atoms with Gasteiger partial charge in [0.05, 0.1) is 14.2 Å². The van der Waals surface area contributed by atoms with Crippen LogP contribution in [0, 0.1) is 10.7 Å². The number of thioether (sulfide) groups is 1. The minimum absolute atomic E-state index is 0.277. The highest BCUT2D eigenvalue weighted by Gasteiger charge is 2.06. The first kappa shape index (κ1) is 18.5. The molecule has 2 rings (SSSR count). The summed E-state index contributed by atoms with van der Waals surface area (Å²) in [4.78, 5) is 12.7. The molecule has 0 aliphatic rings. The zero-order valence-corrected chi connectivity index (χ0v) is 14.9. The number of nitrogens with one attached hydrogen (secondary N) is 2. The molecule has 0 atom stereocenters. The Hall–Kier alpha value is -2.85. The number of carbonyl (C=O) groups is 1. The topological polar surface area (TPSA) is 83.4 Å². The second-order valence-corrected chi connectivity index (χ2v) is 5.90. The van der Waals surface area contributed by atoms with Crippen molar-refractivity contribution in [3.63, 3.8) is 0 Å². The average molecular weight is 357 g/mol. The van der Waals surface area contributed by atoms with Crippen LogP contribution in [0.1, 0.15) is 5.56 Å². The third-order valence-electron chi connectivity index (χ3n) is 3.42. The van der Waals surface area contributed by atoms with E-state index in [4.69, 9.17) is 14.7 Å². The molecule has 6 nitrogen and oxygen atoms in total. The SMILES string of the molecule is COc1ccc(CCNC(=O)Nc2ccc(SC#N)cc2)cc1OC. The Morgan fingerprint density at radius 3 is 2.48 bits per heavy atom. The standard InChI is InChI=1S/C18H19N3O3S/c1-23-16-8-3-13(11-17(16)24-2)9-10-20-18(22)21-14-4-6-15(7-5-14)25-12-19/h3-8,11H,9-10H2,1-2H3,(H2,20,21,22). The van der Waals surface area contributed by atoms with Crippen molar-refractivity contribution in [3.8, 4) is 16.9 Å². The minimum Gasteiger partial charge on any atom is -0.493 e. The van der Waals surface area contributed by atoms with E-state index in [1.54, 1.807) is 38.5 Å². The molecule has 25 heavy (non-hydrogen) atoms. The maximum atomic E-state index is 11.9. The second kappa shape index (κ2) is 9.45. The fourth-order valence-corrected chi connectivity index (χ4v) is 2.57. The van der Waals surface area contributed by atoms with Crippen molar-refractivity contribution in [2.24, 2.45) is 0 Å². The molecule has 0 bridgehead atoms. The Morgan fingerprint density at radius 2 is 1.84 bits per heavy atom. The van der Waals surface area contributed by atoms with E-state index in [0.717, 1.165) is 22.2 Å². The molecular weight excluding hydrogens is 338 g/mol. The molecule has 0 saturated carbocycles. The van der Waals surface area contributed by atoms with Gasteiger partial charge in [-0.05, 0) is 60.1 Å². The van der Waals surface area contributed by atoms with E-state index in [0.29, 0.717) is 30.2 Å². The zero-order chi connectivity index (χ0) is 18.1. The maximum absolute atomic E-state index is 11.9. The third-order valence-corrected chi connectivity index (χ3v) is 4.02. The lowest BCUT2D eigenvalue weighted by Gasteiger charge is -2.10. The Morgan fingerprint density at radius 1 is 1.12 bits per heavy atom. The van der Waals surface area contributed by atoms with Gasteiger partial charge in [0, 0.05) is 17.1 Å². The van der Waals surface area contributed by atoms with Crippen molar-refractivity contribution >= 4 is 23.5 Å². The van der Waals surface area contributed by atoms with E-state index in [1.807, 2.05) is 23.6 Å². The molecule has 7 heteroatoms. The molecule has 0 unspecified atom stereocenters. The molecule has 2 aromatic carbocycles. The number of amides is 2. The zero-order valence-electron chi connectivity index (χ0n) is 14.0. The predicted molar refractivity (Wildman–Crippen MR) is 98.2 cm³/mol. The van der Waals surface area contributed by atoms with Gasteiger partial charge in [0.25, 0.3) is 0 Å². The lowest BCUT2D eigenvalue weighted by atomic mass is 10.1. The number of thiocyanates is 1. The summed E-state index contributed by atoms with van der Waals surface area (Å²) in [5, 5.41) is 16.2. The van der Waals surface area contributed by atoms with Crippen LogP contribution in [0.2, 0.25) is 0 Å². The quantitative estimate of drug-likeness (QED) is 0.584. The number of carbonyl (C=O) groups excluding carboxylic acids is 1. The number of ether oxygens (including phenoxy) is 2. The average Bonchev–Trinajstić information content (AvgIpc) is 2.63. The molecule has 0 aliphatic heterocycles. The van der Waals surface area contributed by atoms with Crippen molar-refractivity contribution in [1.82, 2.24) is 5.32 Å².